The fraction of sp³-hybridized carbons (Fsp3) is 0.579. The molecule has 3 fully saturated rings. The number of nitrogens with zero attached hydrogens (tertiary/aromatic N) is 1. The van der Waals surface area contributed by atoms with Crippen molar-refractivity contribution in [3.63, 3.8) is 0 Å². The van der Waals surface area contributed by atoms with Crippen LogP contribution in [-0.4, -0.2) is 10.6 Å². The maximum absolute atomic E-state index is 3.90. The highest BCUT2D eigenvalue weighted by Gasteiger charge is 2.64. The molecular weight excluding hydrogens is 256 g/mol. The van der Waals surface area contributed by atoms with E-state index in [1.807, 2.05) is 0 Å². The van der Waals surface area contributed by atoms with E-state index in [1.165, 1.54) is 35.0 Å². The molecule has 5 rings (SSSR count). The minimum Gasteiger partial charge on any atom is -0.346 e. The molecule has 2 bridgehead atoms. The quantitative estimate of drug-likeness (QED) is 0.908. The van der Waals surface area contributed by atoms with Crippen LogP contribution in [0.2, 0.25) is 0 Å². The molecule has 0 radical (unpaired) electrons. The maximum atomic E-state index is 3.90. The Hall–Kier alpha value is -1.28. The van der Waals surface area contributed by atoms with Gasteiger partial charge in [-0.1, -0.05) is 18.2 Å². The molecule has 3 saturated carbocycles. The molecule has 2 heteroatoms. The van der Waals surface area contributed by atoms with Crippen molar-refractivity contribution in [1.29, 1.82) is 0 Å². The fourth-order valence-corrected chi connectivity index (χ4v) is 5.70. The highest BCUT2D eigenvalue weighted by molar-refractivity contribution is 5.85. The lowest BCUT2D eigenvalue weighted by molar-refractivity contribution is 0.456. The number of fused-ring (bicyclic) bond motifs is 6. The second-order valence-electron chi connectivity index (χ2n) is 7.54. The van der Waals surface area contributed by atoms with E-state index in [4.69, 9.17) is 0 Å². The third-order valence-electron chi connectivity index (χ3n) is 6.75. The summed E-state index contributed by atoms with van der Waals surface area (Å²) in [7, 11) is 2.21. The van der Waals surface area contributed by atoms with Crippen LogP contribution in [0.1, 0.15) is 30.5 Å². The first-order valence-corrected chi connectivity index (χ1v) is 8.52. The number of benzene rings is 1. The molecule has 3 aliphatic rings. The van der Waals surface area contributed by atoms with Crippen LogP contribution in [0.3, 0.4) is 0 Å². The Bertz CT molecular complexity index is 659. The predicted octanol–water partition coefficient (Wildman–Crippen LogP) is 3.62. The Morgan fingerprint density at radius 1 is 1.14 bits per heavy atom. The average Bonchev–Trinajstić information content (AvgIpc) is 2.82. The smallest absolute Gasteiger partial charge is 0.0483 e. The standard InChI is InChI=1S/C19H24N2/c1-11-14-5-3-4-6-15(14)21(2)16(11)10-20-19-17-12-7-8-13(9-12)18(17)19/h3-6,12-13,17-20H,7-10H2,1-2H3. The summed E-state index contributed by atoms with van der Waals surface area (Å²) in [5.41, 5.74) is 4.28. The zero-order valence-corrected chi connectivity index (χ0v) is 13.0. The lowest BCUT2D eigenvalue weighted by Crippen LogP contribution is -2.24. The van der Waals surface area contributed by atoms with Gasteiger partial charge in [0.15, 0.2) is 0 Å². The molecule has 0 spiro atoms. The monoisotopic (exact) mass is 280 g/mol. The van der Waals surface area contributed by atoms with Gasteiger partial charge >= 0.3 is 0 Å². The summed E-state index contributed by atoms with van der Waals surface area (Å²) in [5.74, 6) is 4.18. The number of hydrogen-bond acceptors (Lipinski definition) is 1. The molecule has 1 heterocycles. The van der Waals surface area contributed by atoms with Gasteiger partial charge in [0.2, 0.25) is 0 Å². The van der Waals surface area contributed by atoms with Crippen molar-refractivity contribution in [2.24, 2.45) is 30.7 Å². The van der Waals surface area contributed by atoms with E-state index in [-0.39, 0.29) is 0 Å². The summed E-state index contributed by atoms with van der Waals surface area (Å²) in [6, 6.07) is 9.60. The zero-order valence-electron chi connectivity index (χ0n) is 13.0. The van der Waals surface area contributed by atoms with Crippen molar-refractivity contribution in [1.82, 2.24) is 9.88 Å². The van der Waals surface area contributed by atoms with Crippen molar-refractivity contribution in [2.75, 3.05) is 0 Å². The molecule has 1 N–H and O–H groups in total. The molecule has 0 saturated heterocycles. The van der Waals surface area contributed by atoms with Crippen molar-refractivity contribution < 1.29 is 0 Å². The third-order valence-corrected chi connectivity index (χ3v) is 6.75. The minimum absolute atomic E-state index is 0.827. The largest absolute Gasteiger partial charge is 0.346 e. The van der Waals surface area contributed by atoms with Crippen LogP contribution < -0.4 is 5.32 Å². The molecule has 0 aliphatic heterocycles. The average molecular weight is 280 g/mol. The highest BCUT2D eigenvalue weighted by atomic mass is 15.1. The first-order valence-electron chi connectivity index (χ1n) is 8.52. The Morgan fingerprint density at radius 3 is 2.57 bits per heavy atom. The van der Waals surface area contributed by atoms with Crippen LogP contribution in [0, 0.1) is 30.6 Å². The van der Waals surface area contributed by atoms with Gasteiger partial charge in [0.1, 0.15) is 0 Å². The summed E-state index contributed by atoms with van der Waals surface area (Å²) in [6.45, 7) is 3.31. The van der Waals surface area contributed by atoms with Crippen LogP contribution >= 0.6 is 0 Å². The van der Waals surface area contributed by atoms with E-state index in [2.05, 4.69) is 48.1 Å². The molecule has 2 nitrogen and oxygen atoms in total. The Kier molecular flexibility index (Phi) is 2.42. The van der Waals surface area contributed by atoms with E-state index in [9.17, 15) is 0 Å². The van der Waals surface area contributed by atoms with Gasteiger partial charge in [0.05, 0.1) is 0 Å². The van der Waals surface area contributed by atoms with Crippen molar-refractivity contribution >= 4 is 10.9 Å². The van der Waals surface area contributed by atoms with Crippen molar-refractivity contribution in [3.8, 4) is 0 Å². The van der Waals surface area contributed by atoms with Gasteiger partial charge in [-0.05, 0) is 61.5 Å². The normalized spacial score (nSPS) is 36.4. The van der Waals surface area contributed by atoms with E-state index < -0.39 is 0 Å². The predicted molar refractivity (Wildman–Crippen MR) is 86.1 cm³/mol. The summed E-state index contributed by atoms with van der Waals surface area (Å²) in [5, 5.41) is 5.31. The number of aromatic nitrogens is 1. The fourth-order valence-electron chi connectivity index (χ4n) is 5.70. The number of rotatable bonds is 3. The SMILES string of the molecule is Cc1c(CNC2C3C4CCC(C4)C23)n(C)c2ccccc12. The highest BCUT2D eigenvalue weighted by Crippen LogP contribution is 2.65. The Labute approximate surface area is 126 Å². The lowest BCUT2D eigenvalue weighted by atomic mass is 10.0. The van der Waals surface area contributed by atoms with Crippen LogP contribution in [0.25, 0.3) is 10.9 Å². The molecule has 1 aromatic carbocycles. The molecule has 3 aliphatic carbocycles. The van der Waals surface area contributed by atoms with Gasteiger partial charge in [-0.15, -0.1) is 0 Å². The van der Waals surface area contributed by atoms with E-state index >= 15 is 0 Å². The lowest BCUT2D eigenvalue weighted by Gasteiger charge is -2.12. The van der Waals surface area contributed by atoms with Crippen molar-refractivity contribution in [3.05, 3.63) is 35.5 Å². The summed E-state index contributed by atoms with van der Waals surface area (Å²) in [4.78, 5) is 0. The van der Waals surface area contributed by atoms with Crippen LogP contribution in [0.5, 0.6) is 0 Å². The molecular formula is C19H24N2. The third kappa shape index (κ3) is 1.57. The van der Waals surface area contributed by atoms with Gasteiger partial charge < -0.3 is 9.88 Å². The second kappa shape index (κ2) is 4.13. The number of para-hydroxylation sites is 1. The molecule has 2 aromatic rings. The number of aryl methyl sites for hydroxylation is 2. The summed E-state index contributed by atoms with van der Waals surface area (Å²) < 4.78 is 2.38. The molecule has 21 heavy (non-hydrogen) atoms. The molecule has 0 amide bonds. The van der Waals surface area contributed by atoms with Gasteiger partial charge in [0, 0.05) is 36.2 Å². The number of nitrogens with one attached hydrogen (secondary N) is 1. The van der Waals surface area contributed by atoms with Crippen LogP contribution in [-0.2, 0) is 13.6 Å². The van der Waals surface area contributed by atoms with Gasteiger partial charge in [-0.3, -0.25) is 0 Å². The summed E-state index contributed by atoms with van der Waals surface area (Å²) in [6.07, 6.45) is 4.56. The topological polar surface area (TPSA) is 17.0 Å². The Morgan fingerprint density at radius 2 is 1.86 bits per heavy atom. The first-order chi connectivity index (χ1) is 10.3. The van der Waals surface area contributed by atoms with Gasteiger partial charge in [-0.2, -0.15) is 0 Å². The number of hydrogen-bond donors (Lipinski definition) is 1. The van der Waals surface area contributed by atoms with Crippen LogP contribution in [0.4, 0.5) is 0 Å². The second-order valence-corrected chi connectivity index (χ2v) is 7.54. The van der Waals surface area contributed by atoms with Crippen LogP contribution in [0.15, 0.2) is 24.3 Å². The minimum atomic E-state index is 0.827. The van der Waals surface area contributed by atoms with E-state index in [0.29, 0.717) is 0 Å². The van der Waals surface area contributed by atoms with Gasteiger partial charge in [0.25, 0.3) is 0 Å². The summed E-state index contributed by atoms with van der Waals surface area (Å²) >= 11 is 0. The van der Waals surface area contributed by atoms with Crippen molar-refractivity contribution in [2.45, 2.75) is 38.8 Å². The first kappa shape index (κ1) is 12.3. The molecule has 110 valence electrons. The van der Waals surface area contributed by atoms with Gasteiger partial charge in [-0.25, -0.2) is 0 Å². The molecule has 4 atom stereocenters. The molecule has 1 aromatic heterocycles. The molecule has 4 unspecified atom stereocenters. The van der Waals surface area contributed by atoms with E-state index in [0.717, 1.165) is 36.3 Å². The Balaban J connectivity index is 1.38. The maximum Gasteiger partial charge on any atom is 0.0483 e. The zero-order chi connectivity index (χ0) is 14.1. The van der Waals surface area contributed by atoms with E-state index in [1.54, 1.807) is 6.42 Å².